The molecule has 8 heteroatoms. The number of benzene rings is 1. The van der Waals surface area contributed by atoms with Gasteiger partial charge in [-0.25, -0.2) is 4.79 Å². The van der Waals surface area contributed by atoms with Crippen molar-refractivity contribution in [1.82, 2.24) is 16.0 Å². The van der Waals surface area contributed by atoms with Gasteiger partial charge < -0.3 is 25.5 Å². The summed E-state index contributed by atoms with van der Waals surface area (Å²) < 4.78 is 5.24. The first-order valence-corrected chi connectivity index (χ1v) is 10.1. The summed E-state index contributed by atoms with van der Waals surface area (Å²) in [6.07, 6.45) is 0.709. The molecule has 0 saturated carbocycles. The number of rotatable bonds is 10. The molecule has 1 aromatic rings. The third-order valence-corrected chi connectivity index (χ3v) is 3.95. The van der Waals surface area contributed by atoms with Gasteiger partial charge in [0.2, 0.25) is 11.8 Å². The van der Waals surface area contributed by atoms with E-state index in [0.717, 1.165) is 5.56 Å². The topological polar surface area (TPSA) is 114 Å². The molecule has 1 unspecified atom stereocenters. The second-order valence-corrected chi connectivity index (χ2v) is 8.55. The Labute approximate surface area is 178 Å². The molecule has 0 aliphatic carbocycles. The summed E-state index contributed by atoms with van der Waals surface area (Å²) in [5.41, 5.74) is 0.133. The smallest absolute Gasteiger partial charge is 0.408 e. The van der Waals surface area contributed by atoms with E-state index in [-0.39, 0.29) is 18.9 Å². The van der Waals surface area contributed by atoms with Crippen molar-refractivity contribution < 1.29 is 23.9 Å². The molecule has 0 radical (unpaired) electrons. The average Bonchev–Trinajstić information content (AvgIpc) is 2.64. The van der Waals surface area contributed by atoms with Crippen LogP contribution in [0.15, 0.2) is 30.3 Å². The first-order valence-electron chi connectivity index (χ1n) is 10.1. The largest absolute Gasteiger partial charge is 0.444 e. The lowest BCUT2D eigenvalue weighted by molar-refractivity contribution is -0.128. The summed E-state index contributed by atoms with van der Waals surface area (Å²) in [6, 6.07) is 7.67. The third-order valence-electron chi connectivity index (χ3n) is 3.95. The molecule has 0 heterocycles. The minimum absolute atomic E-state index is 0.234. The monoisotopic (exact) mass is 419 g/mol. The molecule has 166 valence electrons. The van der Waals surface area contributed by atoms with Crippen LogP contribution < -0.4 is 16.0 Å². The second-order valence-electron chi connectivity index (χ2n) is 8.55. The molecular formula is C22H33N3O5. The number of hydrogen-bond acceptors (Lipinski definition) is 5. The third kappa shape index (κ3) is 10.6. The average molecular weight is 420 g/mol. The zero-order chi connectivity index (χ0) is 22.7. The Morgan fingerprint density at radius 1 is 1.07 bits per heavy atom. The van der Waals surface area contributed by atoms with Gasteiger partial charge in [-0.3, -0.25) is 9.59 Å². The molecule has 0 bridgehead atoms. The number of carbonyl (C=O) groups is 4. The lowest BCUT2D eigenvalue weighted by Gasteiger charge is -2.23. The Balaban J connectivity index is 2.73. The Morgan fingerprint density at radius 2 is 1.70 bits per heavy atom. The molecule has 8 nitrogen and oxygen atoms in total. The molecule has 0 saturated heterocycles. The van der Waals surface area contributed by atoms with Crippen molar-refractivity contribution in [2.24, 2.45) is 5.92 Å². The molecule has 0 aliphatic rings. The highest BCUT2D eigenvalue weighted by Gasteiger charge is 2.25. The molecular weight excluding hydrogens is 386 g/mol. The summed E-state index contributed by atoms with van der Waals surface area (Å²) in [5, 5.41) is 7.66. The molecule has 1 aromatic carbocycles. The van der Waals surface area contributed by atoms with Crippen LogP contribution in [0, 0.1) is 5.92 Å². The normalized spacial score (nSPS) is 13.1. The quantitative estimate of drug-likeness (QED) is 0.502. The van der Waals surface area contributed by atoms with Crippen LogP contribution in [0.2, 0.25) is 0 Å². The molecule has 0 aliphatic heterocycles. The van der Waals surface area contributed by atoms with Crippen molar-refractivity contribution in [3.05, 3.63) is 35.9 Å². The van der Waals surface area contributed by atoms with E-state index in [4.69, 9.17) is 4.74 Å². The predicted octanol–water partition coefficient (Wildman–Crippen LogP) is 1.97. The van der Waals surface area contributed by atoms with Crippen molar-refractivity contribution in [2.45, 2.75) is 65.1 Å². The standard InChI is InChI=1S/C22H33N3O5/c1-15(2)11-17(14-26)24-19(27)13-23-20(28)18(12-16-9-7-6-8-10-16)25-21(29)30-22(3,4)5/h6-10,14-15,17-18H,11-13H2,1-5H3,(H,23,28)(H,24,27)(H,25,29)/t17?,18-/m1/s1. The fraction of sp³-hybridized carbons (Fsp3) is 0.545. The highest BCUT2D eigenvalue weighted by molar-refractivity contribution is 5.90. The first kappa shape index (κ1) is 25.1. The Morgan fingerprint density at radius 3 is 2.23 bits per heavy atom. The predicted molar refractivity (Wildman–Crippen MR) is 114 cm³/mol. The highest BCUT2D eigenvalue weighted by Crippen LogP contribution is 2.09. The number of carbonyl (C=O) groups excluding carboxylic acids is 4. The van der Waals surface area contributed by atoms with Crippen LogP contribution in [-0.2, 0) is 25.5 Å². The lowest BCUT2D eigenvalue weighted by Crippen LogP contribution is -2.51. The molecule has 0 aromatic heterocycles. The van der Waals surface area contributed by atoms with E-state index >= 15 is 0 Å². The van der Waals surface area contributed by atoms with Gasteiger partial charge in [0.25, 0.3) is 0 Å². The number of nitrogens with one attached hydrogen (secondary N) is 3. The molecule has 30 heavy (non-hydrogen) atoms. The van der Waals surface area contributed by atoms with Gasteiger partial charge in [0.1, 0.15) is 17.9 Å². The Kier molecular flexibility index (Phi) is 10.0. The molecule has 3 N–H and O–H groups in total. The summed E-state index contributed by atoms with van der Waals surface area (Å²) >= 11 is 0. The van der Waals surface area contributed by atoms with E-state index in [2.05, 4.69) is 16.0 Å². The van der Waals surface area contributed by atoms with Gasteiger partial charge in [0, 0.05) is 6.42 Å². The first-order chi connectivity index (χ1) is 14.0. The summed E-state index contributed by atoms with van der Waals surface area (Å²) in [4.78, 5) is 48.0. The second kappa shape index (κ2) is 11.9. The maximum Gasteiger partial charge on any atom is 0.408 e. The van der Waals surface area contributed by atoms with Crippen molar-refractivity contribution in [3.63, 3.8) is 0 Å². The zero-order valence-corrected chi connectivity index (χ0v) is 18.4. The maximum atomic E-state index is 12.7. The Bertz CT molecular complexity index is 713. The highest BCUT2D eigenvalue weighted by atomic mass is 16.6. The number of amides is 3. The minimum Gasteiger partial charge on any atom is -0.444 e. The number of aldehydes is 1. The molecule has 3 amide bonds. The summed E-state index contributed by atoms with van der Waals surface area (Å²) in [7, 11) is 0. The van der Waals surface area contributed by atoms with Crippen molar-refractivity contribution in [1.29, 1.82) is 0 Å². The van der Waals surface area contributed by atoms with Crippen molar-refractivity contribution in [3.8, 4) is 0 Å². The van der Waals surface area contributed by atoms with E-state index in [1.807, 2.05) is 44.2 Å². The number of ether oxygens (including phenoxy) is 1. The number of hydrogen-bond donors (Lipinski definition) is 3. The summed E-state index contributed by atoms with van der Waals surface area (Å²) in [6.45, 7) is 8.77. The van der Waals surface area contributed by atoms with Gasteiger partial charge in [0.05, 0.1) is 12.6 Å². The Hall–Kier alpha value is -2.90. The van der Waals surface area contributed by atoms with E-state index in [1.165, 1.54) is 0 Å². The fourth-order valence-corrected chi connectivity index (χ4v) is 2.71. The minimum atomic E-state index is -0.924. The SMILES string of the molecule is CC(C)CC(C=O)NC(=O)CNC(=O)[C@@H](Cc1ccccc1)NC(=O)OC(C)(C)C. The van der Waals surface area contributed by atoms with Crippen LogP contribution in [0.3, 0.4) is 0 Å². The van der Waals surface area contributed by atoms with Crippen LogP contribution in [0.25, 0.3) is 0 Å². The van der Waals surface area contributed by atoms with Crippen LogP contribution in [0.1, 0.15) is 46.6 Å². The molecule has 1 rings (SSSR count). The van der Waals surface area contributed by atoms with Gasteiger partial charge in [-0.15, -0.1) is 0 Å². The van der Waals surface area contributed by atoms with Gasteiger partial charge in [-0.1, -0.05) is 44.2 Å². The molecule has 0 fully saturated rings. The lowest BCUT2D eigenvalue weighted by atomic mass is 10.0. The van der Waals surface area contributed by atoms with E-state index in [1.54, 1.807) is 20.8 Å². The van der Waals surface area contributed by atoms with Crippen LogP contribution in [0.5, 0.6) is 0 Å². The molecule has 2 atom stereocenters. The summed E-state index contributed by atoms with van der Waals surface area (Å²) in [5.74, 6) is -0.758. The maximum absolute atomic E-state index is 12.7. The van der Waals surface area contributed by atoms with Gasteiger partial charge in [0.15, 0.2) is 0 Å². The zero-order valence-electron chi connectivity index (χ0n) is 18.4. The molecule has 0 spiro atoms. The number of alkyl carbamates (subject to hydrolysis) is 1. The van der Waals surface area contributed by atoms with Crippen LogP contribution in [0.4, 0.5) is 4.79 Å². The van der Waals surface area contributed by atoms with Crippen LogP contribution >= 0.6 is 0 Å². The van der Waals surface area contributed by atoms with Gasteiger partial charge in [-0.05, 0) is 38.7 Å². The van der Waals surface area contributed by atoms with E-state index < -0.39 is 35.6 Å². The van der Waals surface area contributed by atoms with Gasteiger partial charge in [-0.2, -0.15) is 0 Å². The van der Waals surface area contributed by atoms with E-state index in [9.17, 15) is 19.2 Å². The van der Waals surface area contributed by atoms with Gasteiger partial charge >= 0.3 is 6.09 Å². The van der Waals surface area contributed by atoms with Crippen molar-refractivity contribution in [2.75, 3.05) is 6.54 Å². The van der Waals surface area contributed by atoms with Crippen molar-refractivity contribution >= 4 is 24.2 Å². The van der Waals surface area contributed by atoms with E-state index in [0.29, 0.717) is 12.7 Å². The van der Waals surface area contributed by atoms with Crippen LogP contribution in [-0.4, -0.2) is 48.4 Å². The fourth-order valence-electron chi connectivity index (χ4n) is 2.71.